The van der Waals surface area contributed by atoms with Crippen molar-refractivity contribution < 1.29 is 13.9 Å². The number of halogens is 1. The molecule has 3 rings (SSSR count). The van der Waals surface area contributed by atoms with Gasteiger partial charge in [0.2, 0.25) is 0 Å². The Balaban J connectivity index is 1.86. The van der Waals surface area contributed by atoms with Gasteiger partial charge in [-0.1, -0.05) is 55.4 Å². The van der Waals surface area contributed by atoms with Gasteiger partial charge in [-0.05, 0) is 30.7 Å². The zero-order chi connectivity index (χ0) is 19.1. The maximum Gasteiger partial charge on any atom is 0.316 e. The van der Waals surface area contributed by atoms with E-state index in [2.05, 4.69) is 10.2 Å². The Morgan fingerprint density at radius 1 is 1.11 bits per heavy atom. The molecule has 1 aromatic heterocycles. The van der Waals surface area contributed by atoms with E-state index in [0.29, 0.717) is 17.6 Å². The number of carbonyl (C=O) groups excluding carboxylic acids is 1. The molecule has 0 saturated carbocycles. The minimum absolute atomic E-state index is 0.137. The summed E-state index contributed by atoms with van der Waals surface area (Å²) in [6, 6.07) is 15.7. The van der Waals surface area contributed by atoms with Gasteiger partial charge in [0.1, 0.15) is 5.82 Å². The van der Waals surface area contributed by atoms with Crippen LogP contribution in [-0.2, 0) is 9.53 Å². The largest absolute Gasteiger partial charge is 0.465 e. The zero-order valence-electron chi connectivity index (χ0n) is 15.0. The molecule has 0 unspecified atom stereocenters. The third kappa shape index (κ3) is 4.95. The van der Waals surface area contributed by atoms with E-state index in [-0.39, 0.29) is 17.5 Å². The average Bonchev–Trinajstić information content (AvgIpc) is 3.12. The highest BCUT2D eigenvalue weighted by Crippen LogP contribution is 2.28. The number of benzene rings is 2. The standard InChI is InChI=1S/C20H20FN3O2S/c1-2-3-13-26-18(25)14-27-20-23-22-19(15-7-5-4-6-8-15)24(20)17-11-9-16(21)10-12-17/h4-12H,2-3,13-14H2,1H3. The van der Waals surface area contributed by atoms with Crippen LogP contribution >= 0.6 is 11.8 Å². The third-order valence-electron chi connectivity index (χ3n) is 3.83. The first kappa shape index (κ1) is 19.1. The lowest BCUT2D eigenvalue weighted by atomic mass is 10.2. The Hall–Kier alpha value is -2.67. The van der Waals surface area contributed by atoms with Crippen LogP contribution in [-0.4, -0.2) is 33.1 Å². The fourth-order valence-corrected chi connectivity index (χ4v) is 3.21. The van der Waals surface area contributed by atoms with Crippen molar-refractivity contribution in [1.82, 2.24) is 14.8 Å². The van der Waals surface area contributed by atoms with Crippen molar-refractivity contribution in [2.75, 3.05) is 12.4 Å². The minimum Gasteiger partial charge on any atom is -0.465 e. The van der Waals surface area contributed by atoms with Crippen LogP contribution in [0.2, 0.25) is 0 Å². The van der Waals surface area contributed by atoms with Crippen molar-refractivity contribution in [3.05, 3.63) is 60.4 Å². The van der Waals surface area contributed by atoms with Gasteiger partial charge in [-0.3, -0.25) is 9.36 Å². The van der Waals surface area contributed by atoms with E-state index in [1.807, 2.05) is 41.8 Å². The number of unbranched alkanes of at least 4 members (excludes halogenated alkanes) is 1. The summed E-state index contributed by atoms with van der Waals surface area (Å²) in [5, 5.41) is 9.07. The first-order chi connectivity index (χ1) is 13.2. The van der Waals surface area contributed by atoms with Crippen molar-refractivity contribution in [2.24, 2.45) is 0 Å². The molecular formula is C20H20FN3O2S. The molecule has 0 aliphatic rings. The molecule has 0 radical (unpaired) electrons. The van der Waals surface area contributed by atoms with Crippen molar-refractivity contribution >= 4 is 17.7 Å². The molecular weight excluding hydrogens is 365 g/mol. The predicted molar refractivity (Wildman–Crippen MR) is 103 cm³/mol. The van der Waals surface area contributed by atoms with Gasteiger partial charge in [-0.2, -0.15) is 0 Å². The van der Waals surface area contributed by atoms with Crippen LogP contribution in [0.1, 0.15) is 19.8 Å². The molecule has 140 valence electrons. The molecule has 5 nitrogen and oxygen atoms in total. The zero-order valence-corrected chi connectivity index (χ0v) is 15.8. The quantitative estimate of drug-likeness (QED) is 0.324. The second-order valence-electron chi connectivity index (χ2n) is 5.85. The van der Waals surface area contributed by atoms with Crippen molar-refractivity contribution in [2.45, 2.75) is 24.9 Å². The van der Waals surface area contributed by atoms with E-state index >= 15 is 0 Å². The van der Waals surface area contributed by atoms with Gasteiger partial charge in [0.15, 0.2) is 11.0 Å². The number of esters is 1. The maximum atomic E-state index is 13.3. The van der Waals surface area contributed by atoms with Crippen LogP contribution < -0.4 is 0 Å². The molecule has 0 aliphatic carbocycles. The second kappa shape index (κ2) is 9.32. The molecule has 0 fully saturated rings. The lowest BCUT2D eigenvalue weighted by Gasteiger charge is -2.10. The summed E-state index contributed by atoms with van der Waals surface area (Å²) in [7, 11) is 0. The van der Waals surface area contributed by atoms with Gasteiger partial charge in [0.25, 0.3) is 0 Å². The Morgan fingerprint density at radius 2 is 1.85 bits per heavy atom. The molecule has 7 heteroatoms. The fraction of sp³-hybridized carbons (Fsp3) is 0.250. The molecule has 27 heavy (non-hydrogen) atoms. The lowest BCUT2D eigenvalue weighted by molar-refractivity contribution is -0.140. The summed E-state index contributed by atoms with van der Waals surface area (Å²) in [4.78, 5) is 11.9. The molecule has 0 N–H and O–H groups in total. The number of thioether (sulfide) groups is 1. The van der Waals surface area contributed by atoms with E-state index in [0.717, 1.165) is 24.1 Å². The van der Waals surface area contributed by atoms with Crippen LogP contribution in [0.25, 0.3) is 17.1 Å². The van der Waals surface area contributed by atoms with Gasteiger partial charge >= 0.3 is 5.97 Å². The number of ether oxygens (including phenoxy) is 1. The highest BCUT2D eigenvalue weighted by atomic mass is 32.2. The Kier molecular flexibility index (Phi) is 6.59. The summed E-state index contributed by atoms with van der Waals surface area (Å²) < 4.78 is 20.4. The van der Waals surface area contributed by atoms with Gasteiger partial charge in [-0.25, -0.2) is 4.39 Å². The maximum absolute atomic E-state index is 13.3. The summed E-state index contributed by atoms with van der Waals surface area (Å²) in [5.74, 6) is 0.159. The molecule has 0 spiro atoms. The van der Waals surface area contributed by atoms with Gasteiger partial charge in [0, 0.05) is 11.3 Å². The second-order valence-corrected chi connectivity index (χ2v) is 6.79. The van der Waals surface area contributed by atoms with Crippen molar-refractivity contribution in [1.29, 1.82) is 0 Å². The van der Waals surface area contributed by atoms with Crippen LogP contribution in [0.5, 0.6) is 0 Å². The summed E-state index contributed by atoms with van der Waals surface area (Å²) in [6.45, 7) is 2.47. The molecule has 0 saturated heterocycles. The molecule has 0 atom stereocenters. The third-order valence-corrected chi connectivity index (χ3v) is 4.73. The SMILES string of the molecule is CCCCOC(=O)CSc1nnc(-c2ccccc2)n1-c1ccc(F)cc1. The Bertz CT molecular complexity index is 882. The number of carbonyl (C=O) groups is 1. The normalized spacial score (nSPS) is 10.7. The highest BCUT2D eigenvalue weighted by molar-refractivity contribution is 7.99. The molecule has 1 heterocycles. The van der Waals surface area contributed by atoms with Crippen molar-refractivity contribution in [3.63, 3.8) is 0 Å². The van der Waals surface area contributed by atoms with Gasteiger partial charge in [0.05, 0.1) is 12.4 Å². The monoisotopic (exact) mass is 385 g/mol. The topological polar surface area (TPSA) is 57.0 Å². The minimum atomic E-state index is -0.318. The molecule has 0 bridgehead atoms. The lowest BCUT2D eigenvalue weighted by Crippen LogP contribution is -2.09. The number of hydrogen-bond donors (Lipinski definition) is 0. The van der Waals surface area contributed by atoms with E-state index in [4.69, 9.17) is 4.74 Å². The summed E-state index contributed by atoms with van der Waals surface area (Å²) >= 11 is 1.25. The fourth-order valence-electron chi connectivity index (χ4n) is 2.46. The number of nitrogens with zero attached hydrogens (tertiary/aromatic N) is 3. The molecule has 3 aromatic rings. The van der Waals surface area contributed by atoms with Crippen molar-refractivity contribution in [3.8, 4) is 17.1 Å². The predicted octanol–water partition coefficient (Wildman–Crippen LogP) is 4.51. The van der Waals surface area contributed by atoms with E-state index < -0.39 is 0 Å². The molecule has 0 aliphatic heterocycles. The smallest absolute Gasteiger partial charge is 0.316 e. The first-order valence-corrected chi connectivity index (χ1v) is 9.73. The van der Waals surface area contributed by atoms with E-state index in [9.17, 15) is 9.18 Å². The number of hydrogen-bond acceptors (Lipinski definition) is 5. The number of aromatic nitrogens is 3. The summed E-state index contributed by atoms with van der Waals surface area (Å²) in [6.07, 6.45) is 1.82. The Morgan fingerprint density at radius 3 is 2.56 bits per heavy atom. The highest BCUT2D eigenvalue weighted by Gasteiger charge is 2.17. The molecule has 2 aromatic carbocycles. The van der Waals surface area contributed by atoms with Crippen LogP contribution in [0.15, 0.2) is 59.8 Å². The van der Waals surface area contributed by atoms with Gasteiger partial charge in [-0.15, -0.1) is 10.2 Å². The van der Waals surface area contributed by atoms with E-state index in [1.54, 1.807) is 12.1 Å². The van der Waals surface area contributed by atoms with Gasteiger partial charge < -0.3 is 4.74 Å². The summed E-state index contributed by atoms with van der Waals surface area (Å²) in [5.41, 5.74) is 1.61. The van der Waals surface area contributed by atoms with Crippen LogP contribution in [0.3, 0.4) is 0 Å². The van der Waals surface area contributed by atoms with E-state index in [1.165, 1.54) is 23.9 Å². The van der Waals surface area contributed by atoms with Crippen LogP contribution in [0.4, 0.5) is 4.39 Å². The Labute approximate surface area is 161 Å². The molecule has 0 amide bonds. The first-order valence-electron chi connectivity index (χ1n) is 8.74. The average molecular weight is 385 g/mol. The number of rotatable bonds is 8. The van der Waals surface area contributed by atoms with Crippen LogP contribution in [0, 0.1) is 5.82 Å².